The highest BCUT2D eigenvalue weighted by atomic mass is 19.4. The molecule has 32 heavy (non-hydrogen) atoms. The molecule has 0 aromatic carbocycles. The first-order valence-electron chi connectivity index (χ1n) is 10.8. The average Bonchev–Trinajstić information content (AvgIpc) is 2.98. The second-order valence-corrected chi connectivity index (χ2v) is 8.80. The lowest BCUT2D eigenvalue weighted by Gasteiger charge is -2.62. The number of ether oxygens (including phenoxy) is 1. The van der Waals surface area contributed by atoms with Crippen LogP contribution in [0.25, 0.3) is 0 Å². The van der Waals surface area contributed by atoms with Gasteiger partial charge in [0, 0.05) is 50.8 Å². The molecule has 0 aliphatic carbocycles. The number of nitrogens with zero attached hydrogens (tertiary/aromatic N) is 5. The van der Waals surface area contributed by atoms with Crippen LogP contribution in [-0.4, -0.2) is 82.1 Å². The lowest BCUT2D eigenvalue weighted by Crippen LogP contribution is -2.80. The lowest BCUT2D eigenvalue weighted by atomic mass is 9.79. The molecule has 8 nitrogen and oxygen atoms in total. The van der Waals surface area contributed by atoms with E-state index in [0.29, 0.717) is 37.1 Å². The summed E-state index contributed by atoms with van der Waals surface area (Å²) in [6, 6.07) is 0.580. The Bertz CT molecular complexity index is 1000. The van der Waals surface area contributed by atoms with Crippen molar-refractivity contribution >= 4 is 17.8 Å². The van der Waals surface area contributed by atoms with E-state index >= 15 is 0 Å². The van der Waals surface area contributed by atoms with Crippen molar-refractivity contribution in [3.05, 3.63) is 29.1 Å². The van der Waals surface area contributed by atoms with Gasteiger partial charge in [0.05, 0.1) is 17.7 Å². The Morgan fingerprint density at radius 1 is 1.25 bits per heavy atom. The van der Waals surface area contributed by atoms with Gasteiger partial charge in [0.15, 0.2) is 0 Å². The Kier molecular flexibility index (Phi) is 4.74. The zero-order valence-electron chi connectivity index (χ0n) is 17.9. The number of halogens is 3. The second kappa shape index (κ2) is 7.16. The number of carbonyl (C=O) groups is 2. The van der Waals surface area contributed by atoms with E-state index < -0.39 is 23.4 Å². The molecule has 0 bridgehead atoms. The number of esters is 1. The molecule has 11 heteroatoms. The summed E-state index contributed by atoms with van der Waals surface area (Å²) in [6.07, 6.45) is -2.28. The van der Waals surface area contributed by atoms with Gasteiger partial charge in [-0.05, 0) is 19.5 Å². The maximum Gasteiger partial charge on any atom is 0.433 e. The van der Waals surface area contributed by atoms with Crippen LogP contribution in [0.15, 0.2) is 23.4 Å². The van der Waals surface area contributed by atoms with Crippen LogP contribution < -0.4 is 4.90 Å². The molecule has 1 aromatic rings. The predicted octanol–water partition coefficient (Wildman–Crippen LogP) is 1.62. The van der Waals surface area contributed by atoms with Crippen molar-refractivity contribution in [1.82, 2.24) is 19.8 Å². The fourth-order valence-electron chi connectivity index (χ4n) is 5.19. The molecule has 3 fully saturated rings. The van der Waals surface area contributed by atoms with Crippen LogP contribution in [0.1, 0.15) is 32.4 Å². The molecule has 0 N–H and O–H groups in total. The number of fused-ring (bicyclic) bond motifs is 1. The van der Waals surface area contributed by atoms with Crippen LogP contribution in [0.3, 0.4) is 0 Å². The van der Waals surface area contributed by atoms with Crippen LogP contribution in [0.2, 0.25) is 0 Å². The first-order chi connectivity index (χ1) is 15.1. The molecule has 1 amide bonds. The summed E-state index contributed by atoms with van der Waals surface area (Å²) >= 11 is 0. The maximum atomic E-state index is 13.5. The highest BCUT2D eigenvalue weighted by Gasteiger charge is 2.59. The van der Waals surface area contributed by atoms with Crippen LogP contribution in [-0.2, 0) is 20.5 Å². The topological polar surface area (TPSA) is 78.9 Å². The summed E-state index contributed by atoms with van der Waals surface area (Å²) in [7, 11) is 0. The van der Waals surface area contributed by atoms with E-state index in [9.17, 15) is 22.8 Å². The van der Waals surface area contributed by atoms with Crippen LogP contribution in [0.4, 0.5) is 19.1 Å². The van der Waals surface area contributed by atoms with Crippen molar-refractivity contribution in [1.29, 1.82) is 0 Å². The Labute approximate surface area is 183 Å². The quantitative estimate of drug-likeness (QED) is 0.647. The highest BCUT2D eigenvalue weighted by Crippen LogP contribution is 2.45. The van der Waals surface area contributed by atoms with E-state index in [4.69, 9.17) is 4.74 Å². The molecule has 5 heterocycles. The molecule has 172 valence electrons. The third kappa shape index (κ3) is 3.08. The second-order valence-electron chi connectivity index (χ2n) is 8.80. The zero-order valence-corrected chi connectivity index (χ0v) is 17.9. The normalized spacial score (nSPS) is 27.2. The van der Waals surface area contributed by atoms with Crippen molar-refractivity contribution in [2.45, 2.75) is 50.6 Å². The number of piperidine rings is 1. The van der Waals surface area contributed by atoms with E-state index in [1.165, 1.54) is 0 Å². The summed E-state index contributed by atoms with van der Waals surface area (Å²) in [6.45, 7) is 6.82. The Balaban J connectivity index is 1.30. The van der Waals surface area contributed by atoms with Crippen molar-refractivity contribution < 1.29 is 27.5 Å². The van der Waals surface area contributed by atoms with Gasteiger partial charge >= 0.3 is 12.1 Å². The molecule has 0 saturated carbocycles. The maximum absolute atomic E-state index is 13.5. The SMILES string of the molecule is CCN1CCC2(CC1)OC(=O)C(C)=C2C(=O)N1C[C@@H]2C1CN2c1nccc(C(F)(F)F)n1. The van der Waals surface area contributed by atoms with Crippen LogP contribution in [0.5, 0.6) is 0 Å². The smallest absolute Gasteiger partial charge is 0.433 e. The molecule has 4 aliphatic heterocycles. The van der Waals surface area contributed by atoms with Gasteiger partial charge in [-0.15, -0.1) is 0 Å². The van der Waals surface area contributed by atoms with E-state index in [1.807, 2.05) is 0 Å². The van der Waals surface area contributed by atoms with E-state index in [2.05, 4.69) is 21.8 Å². The number of anilines is 1. The first kappa shape index (κ1) is 21.2. The number of amides is 1. The van der Waals surface area contributed by atoms with Crippen molar-refractivity contribution in [3.63, 3.8) is 0 Å². The van der Waals surface area contributed by atoms with Crippen LogP contribution in [0, 0.1) is 0 Å². The summed E-state index contributed by atoms with van der Waals surface area (Å²) < 4.78 is 44.6. The number of aromatic nitrogens is 2. The molecule has 1 spiro atoms. The van der Waals surface area contributed by atoms with E-state index in [-0.39, 0.29) is 23.9 Å². The minimum atomic E-state index is -4.54. The van der Waals surface area contributed by atoms with Gasteiger partial charge in [-0.2, -0.15) is 13.2 Å². The largest absolute Gasteiger partial charge is 0.450 e. The standard InChI is InChI=1S/C21H24F3N5O3/c1-3-27-8-5-20(6-9-27)16(12(2)18(31)32-20)17(30)28-10-14-13(28)11-29(14)19-25-7-4-15(26-19)21(22,23)24/h4,7,13-14H,3,5-6,8-11H2,1-2H3/t13?,14-/m1/s1. The van der Waals surface area contributed by atoms with E-state index in [0.717, 1.165) is 31.9 Å². The molecule has 0 radical (unpaired) electrons. The van der Waals surface area contributed by atoms with E-state index in [1.54, 1.807) is 16.7 Å². The van der Waals surface area contributed by atoms with Crippen molar-refractivity contribution in [3.8, 4) is 0 Å². The van der Waals surface area contributed by atoms with Gasteiger partial charge < -0.3 is 19.4 Å². The summed E-state index contributed by atoms with van der Waals surface area (Å²) in [5.41, 5.74) is -1.05. The first-order valence-corrected chi connectivity index (χ1v) is 10.8. The van der Waals surface area contributed by atoms with Crippen LogP contribution >= 0.6 is 0 Å². The molecule has 5 rings (SSSR count). The fraction of sp³-hybridized carbons (Fsp3) is 0.619. The summed E-state index contributed by atoms with van der Waals surface area (Å²) in [5.74, 6) is -0.626. The number of likely N-dealkylation sites (tertiary alicyclic amines) is 2. The molecular formula is C21H24F3N5O3. The summed E-state index contributed by atoms with van der Waals surface area (Å²) in [4.78, 5) is 39.1. The fourth-order valence-corrected chi connectivity index (χ4v) is 5.19. The molecule has 3 saturated heterocycles. The number of carbonyl (C=O) groups excluding carboxylic acids is 2. The van der Waals surface area contributed by atoms with Gasteiger partial charge in [0.1, 0.15) is 11.3 Å². The lowest BCUT2D eigenvalue weighted by molar-refractivity contribution is -0.153. The molecule has 1 unspecified atom stereocenters. The van der Waals surface area contributed by atoms with Gasteiger partial charge in [0.25, 0.3) is 5.91 Å². The molecule has 1 aromatic heterocycles. The average molecular weight is 451 g/mol. The van der Waals surface area contributed by atoms with Gasteiger partial charge in [-0.3, -0.25) is 4.79 Å². The Morgan fingerprint density at radius 2 is 1.97 bits per heavy atom. The predicted molar refractivity (Wildman–Crippen MR) is 107 cm³/mol. The third-order valence-electron chi connectivity index (χ3n) is 7.21. The van der Waals surface area contributed by atoms with Gasteiger partial charge in [-0.1, -0.05) is 6.92 Å². The number of piperazine rings is 1. The molecular weight excluding hydrogens is 427 g/mol. The Morgan fingerprint density at radius 3 is 2.56 bits per heavy atom. The number of alkyl halides is 3. The van der Waals surface area contributed by atoms with Crippen molar-refractivity contribution in [2.24, 2.45) is 0 Å². The van der Waals surface area contributed by atoms with Crippen molar-refractivity contribution in [2.75, 3.05) is 37.6 Å². The Hall–Kier alpha value is -2.69. The number of hydrogen-bond donors (Lipinski definition) is 0. The number of hydrogen-bond acceptors (Lipinski definition) is 7. The summed E-state index contributed by atoms with van der Waals surface area (Å²) in [5, 5.41) is 0. The van der Waals surface area contributed by atoms with Gasteiger partial charge in [0.2, 0.25) is 5.95 Å². The monoisotopic (exact) mass is 451 g/mol. The molecule has 4 aliphatic rings. The third-order valence-corrected chi connectivity index (χ3v) is 7.21. The zero-order chi connectivity index (χ0) is 22.8. The number of rotatable bonds is 3. The molecule has 2 atom stereocenters. The highest BCUT2D eigenvalue weighted by molar-refractivity contribution is 6.07. The minimum absolute atomic E-state index is 0.0198. The van der Waals surface area contributed by atoms with Gasteiger partial charge in [-0.25, -0.2) is 14.8 Å². The minimum Gasteiger partial charge on any atom is -0.450 e.